The third-order valence-corrected chi connectivity index (χ3v) is 1.15. The Kier molecular flexibility index (Phi) is 2.32. The summed E-state index contributed by atoms with van der Waals surface area (Å²) in [5.41, 5.74) is 11.3. The van der Waals surface area contributed by atoms with E-state index >= 15 is 0 Å². The molecular formula is C7H12N4O. The van der Waals surface area contributed by atoms with Gasteiger partial charge in [-0.3, -0.25) is 0 Å². The minimum absolute atomic E-state index is 0.0293. The monoisotopic (exact) mass is 168 g/mol. The quantitative estimate of drug-likeness (QED) is 0.668. The number of ether oxygens (including phenoxy) is 1. The van der Waals surface area contributed by atoms with Crippen LogP contribution in [0.2, 0.25) is 0 Å². The summed E-state index contributed by atoms with van der Waals surface area (Å²) >= 11 is 0. The van der Waals surface area contributed by atoms with Crippen LogP contribution in [-0.2, 0) is 0 Å². The maximum atomic E-state index is 5.53. The lowest BCUT2D eigenvalue weighted by molar-refractivity contribution is 0.234. The van der Waals surface area contributed by atoms with Crippen LogP contribution in [-0.4, -0.2) is 16.1 Å². The molecule has 0 saturated heterocycles. The number of nitrogen functional groups attached to an aromatic ring is 2. The molecule has 0 aliphatic heterocycles. The summed E-state index contributed by atoms with van der Waals surface area (Å²) in [5.74, 6) is 0.511. The summed E-state index contributed by atoms with van der Waals surface area (Å²) in [6.45, 7) is 3.77. The Bertz CT molecular complexity index is 274. The lowest BCUT2D eigenvalue weighted by Crippen LogP contribution is -2.10. The van der Waals surface area contributed by atoms with E-state index in [1.807, 2.05) is 13.8 Å². The predicted molar refractivity (Wildman–Crippen MR) is 46.6 cm³/mol. The molecule has 1 heterocycles. The number of aromatic nitrogens is 2. The van der Waals surface area contributed by atoms with Crippen LogP contribution in [0.5, 0.6) is 5.88 Å². The normalized spacial score (nSPS) is 10.2. The Balaban J connectivity index is 2.90. The highest BCUT2D eigenvalue weighted by Gasteiger charge is 2.04. The smallest absolute Gasteiger partial charge is 0.242 e. The molecule has 0 amide bonds. The van der Waals surface area contributed by atoms with Crippen LogP contribution < -0.4 is 16.2 Å². The average Bonchev–Trinajstić information content (AvgIpc) is 1.96. The van der Waals surface area contributed by atoms with Gasteiger partial charge < -0.3 is 16.2 Å². The van der Waals surface area contributed by atoms with Crippen LogP contribution in [0.25, 0.3) is 0 Å². The van der Waals surface area contributed by atoms with Crippen molar-refractivity contribution in [2.24, 2.45) is 0 Å². The molecule has 0 fully saturated rings. The number of rotatable bonds is 2. The minimum Gasteiger partial charge on any atom is -0.473 e. The van der Waals surface area contributed by atoms with Crippen LogP contribution in [0.4, 0.5) is 11.6 Å². The second kappa shape index (κ2) is 3.25. The SMILES string of the molecule is CC(C)Oc1nc(N)ncc1N. The Morgan fingerprint density at radius 3 is 2.67 bits per heavy atom. The number of anilines is 2. The van der Waals surface area contributed by atoms with Gasteiger partial charge in [-0.2, -0.15) is 4.98 Å². The van der Waals surface area contributed by atoms with E-state index in [0.717, 1.165) is 0 Å². The molecule has 0 unspecified atom stereocenters. The molecule has 1 aromatic rings. The Morgan fingerprint density at radius 2 is 2.08 bits per heavy atom. The first-order valence-corrected chi connectivity index (χ1v) is 3.64. The molecule has 5 nitrogen and oxygen atoms in total. The predicted octanol–water partition coefficient (Wildman–Crippen LogP) is 0.428. The van der Waals surface area contributed by atoms with Crippen molar-refractivity contribution < 1.29 is 4.74 Å². The topological polar surface area (TPSA) is 87.0 Å². The first kappa shape index (κ1) is 8.58. The molecule has 0 aliphatic rings. The van der Waals surface area contributed by atoms with Crippen molar-refractivity contribution in [2.45, 2.75) is 20.0 Å². The molecule has 1 aromatic heterocycles. The molecule has 0 saturated carbocycles. The highest BCUT2D eigenvalue weighted by Crippen LogP contribution is 2.18. The van der Waals surface area contributed by atoms with Crippen molar-refractivity contribution in [2.75, 3.05) is 11.5 Å². The van der Waals surface area contributed by atoms with E-state index in [1.54, 1.807) is 0 Å². The van der Waals surface area contributed by atoms with E-state index in [1.165, 1.54) is 6.20 Å². The third kappa shape index (κ3) is 1.98. The fourth-order valence-electron chi connectivity index (χ4n) is 0.706. The van der Waals surface area contributed by atoms with Gasteiger partial charge in [-0.25, -0.2) is 4.98 Å². The van der Waals surface area contributed by atoms with Crippen molar-refractivity contribution in [3.8, 4) is 5.88 Å². The van der Waals surface area contributed by atoms with Crippen molar-refractivity contribution >= 4 is 11.6 Å². The zero-order valence-corrected chi connectivity index (χ0v) is 7.11. The molecule has 0 aliphatic carbocycles. The molecule has 0 spiro atoms. The Morgan fingerprint density at radius 1 is 1.42 bits per heavy atom. The molecule has 0 atom stereocenters. The molecule has 0 radical (unpaired) electrons. The Hall–Kier alpha value is -1.52. The summed E-state index contributed by atoms with van der Waals surface area (Å²) in [5, 5.41) is 0. The summed E-state index contributed by atoms with van der Waals surface area (Å²) in [6.07, 6.45) is 1.46. The van der Waals surface area contributed by atoms with E-state index in [9.17, 15) is 0 Å². The van der Waals surface area contributed by atoms with E-state index in [-0.39, 0.29) is 12.1 Å². The van der Waals surface area contributed by atoms with Crippen molar-refractivity contribution in [1.82, 2.24) is 9.97 Å². The summed E-state index contributed by atoms with van der Waals surface area (Å²) < 4.78 is 5.27. The molecule has 1 rings (SSSR count). The number of nitrogens with two attached hydrogens (primary N) is 2. The van der Waals surface area contributed by atoms with E-state index in [2.05, 4.69) is 9.97 Å². The Labute approximate surface area is 70.8 Å². The molecule has 0 aromatic carbocycles. The molecule has 5 heteroatoms. The molecule has 66 valence electrons. The van der Waals surface area contributed by atoms with E-state index < -0.39 is 0 Å². The van der Waals surface area contributed by atoms with Gasteiger partial charge in [0.25, 0.3) is 0 Å². The van der Waals surface area contributed by atoms with Gasteiger partial charge in [0, 0.05) is 0 Å². The van der Waals surface area contributed by atoms with Crippen LogP contribution in [0.3, 0.4) is 0 Å². The second-order valence-electron chi connectivity index (χ2n) is 2.66. The standard InChI is InChI=1S/C7H12N4O/c1-4(2)12-6-5(8)3-10-7(9)11-6/h3-4H,8H2,1-2H3,(H2,9,10,11). The first-order chi connectivity index (χ1) is 5.59. The first-order valence-electron chi connectivity index (χ1n) is 3.64. The van der Waals surface area contributed by atoms with Crippen molar-refractivity contribution in [3.05, 3.63) is 6.20 Å². The maximum Gasteiger partial charge on any atom is 0.242 e. The lowest BCUT2D eigenvalue weighted by atomic mass is 10.4. The average molecular weight is 168 g/mol. The van der Waals surface area contributed by atoms with Gasteiger partial charge in [-0.1, -0.05) is 0 Å². The molecule has 4 N–H and O–H groups in total. The number of nitrogens with zero attached hydrogens (tertiary/aromatic N) is 2. The number of hydrogen-bond donors (Lipinski definition) is 2. The minimum atomic E-state index is 0.0293. The zero-order valence-electron chi connectivity index (χ0n) is 7.11. The second-order valence-corrected chi connectivity index (χ2v) is 2.66. The van der Waals surface area contributed by atoms with Gasteiger partial charge >= 0.3 is 0 Å². The van der Waals surface area contributed by atoms with Gasteiger partial charge in [0.1, 0.15) is 5.69 Å². The van der Waals surface area contributed by atoms with E-state index in [0.29, 0.717) is 11.6 Å². The van der Waals surface area contributed by atoms with Crippen LogP contribution >= 0.6 is 0 Å². The van der Waals surface area contributed by atoms with Gasteiger partial charge in [0.15, 0.2) is 0 Å². The third-order valence-electron chi connectivity index (χ3n) is 1.15. The number of hydrogen-bond acceptors (Lipinski definition) is 5. The van der Waals surface area contributed by atoms with Gasteiger partial charge in [0.2, 0.25) is 11.8 Å². The van der Waals surface area contributed by atoms with Crippen molar-refractivity contribution in [1.29, 1.82) is 0 Å². The molecular weight excluding hydrogens is 156 g/mol. The zero-order chi connectivity index (χ0) is 9.14. The van der Waals surface area contributed by atoms with Crippen LogP contribution in [0.15, 0.2) is 6.20 Å². The molecule has 0 bridgehead atoms. The van der Waals surface area contributed by atoms with E-state index in [4.69, 9.17) is 16.2 Å². The molecule has 12 heavy (non-hydrogen) atoms. The van der Waals surface area contributed by atoms with Gasteiger partial charge in [-0.15, -0.1) is 0 Å². The van der Waals surface area contributed by atoms with Crippen molar-refractivity contribution in [3.63, 3.8) is 0 Å². The highest BCUT2D eigenvalue weighted by molar-refractivity contribution is 5.47. The summed E-state index contributed by atoms with van der Waals surface area (Å²) in [6, 6.07) is 0. The largest absolute Gasteiger partial charge is 0.473 e. The summed E-state index contributed by atoms with van der Waals surface area (Å²) in [7, 11) is 0. The highest BCUT2D eigenvalue weighted by atomic mass is 16.5. The fourth-order valence-corrected chi connectivity index (χ4v) is 0.706. The maximum absolute atomic E-state index is 5.53. The summed E-state index contributed by atoms with van der Waals surface area (Å²) in [4.78, 5) is 7.54. The van der Waals surface area contributed by atoms with Crippen LogP contribution in [0, 0.1) is 0 Å². The van der Waals surface area contributed by atoms with Gasteiger partial charge in [-0.05, 0) is 13.8 Å². The lowest BCUT2D eigenvalue weighted by Gasteiger charge is -2.09. The van der Waals surface area contributed by atoms with Gasteiger partial charge in [0.05, 0.1) is 12.3 Å². The van der Waals surface area contributed by atoms with Crippen LogP contribution in [0.1, 0.15) is 13.8 Å². The fraction of sp³-hybridized carbons (Fsp3) is 0.429.